The van der Waals surface area contributed by atoms with Crippen LogP contribution in [0.25, 0.3) is 0 Å². The van der Waals surface area contributed by atoms with Gasteiger partial charge in [-0.05, 0) is 40.9 Å². The highest BCUT2D eigenvalue weighted by atomic mass is 16.1. The van der Waals surface area contributed by atoms with Gasteiger partial charge >= 0.3 is 0 Å². The molecule has 5 nitrogen and oxygen atoms in total. The molecule has 0 aromatic carbocycles. The summed E-state index contributed by atoms with van der Waals surface area (Å²) in [6, 6.07) is 0.443. The molecule has 0 fully saturated rings. The van der Waals surface area contributed by atoms with Gasteiger partial charge in [-0.15, -0.1) is 0 Å². The zero-order chi connectivity index (χ0) is 13.6. The monoisotopic (exact) mass is 244 g/mol. The summed E-state index contributed by atoms with van der Waals surface area (Å²) in [5.74, 6) is -0.436. The summed E-state index contributed by atoms with van der Waals surface area (Å²) in [7, 11) is 4.11. The Morgan fingerprint density at radius 1 is 1.41 bits per heavy atom. The zero-order valence-electron chi connectivity index (χ0n) is 11.9. The molecule has 2 atom stereocenters. The normalized spacial score (nSPS) is 17.2. The van der Waals surface area contributed by atoms with Gasteiger partial charge in [0.15, 0.2) is 0 Å². The molecule has 0 aliphatic carbocycles. The average molecular weight is 244 g/mol. The summed E-state index contributed by atoms with van der Waals surface area (Å²) in [4.78, 5) is 15.6. The standard InChI is InChI=1S/C12H28N4O/c1-6-16(10(2)9-15(4)5)8-7-12(3,14)11(13)17/h10H,6-9,14H2,1-5H3,(H2,13,17). The van der Waals surface area contributed by atoms with Gasteiger partial charge in [-0.1, -0.05) is 6.92 Å². The summed E-state index contributed by atoms with van der Waals surface area (Å²) >= 11 is 0. The van der Waals surface area contributed by atoms with E-state index in [1.54, 1.807) is 6.92 Å². The highest BCUT2D eigenvalue weighted by molar-refractivity contribution is 5.83. The fourth-order valence-electron chi connectivity index (χ4n) is 1.83. The summed E-state index contributed by atoms with van der Waals surface area (Å²) in [6.07, 6.45) is 0.591. The van der Waals surface area contributed by atoms with Crippen molar-refractivity contribution in [2.75, 3.05) is 33.7 Å². The van der Waals surface area contributed by atoms with Crippen LogP contribution in [0, 0.1) is 0 Å². The molecule has 0 aliphatic heterocycles. The first-order valence-corrected chi connectivity index (χ1v) is 6.18. The molecule has 4 N–H and O–H groups in total. The number of carbonyl (C=O) groups is 1. The predicted octanol–water partition coefficient (Wildman–Crippen LogP) is -0.149. The maximum absolute atomic E-state index is 11.1. The molecule has 0 aliphatic rings. The Morgan fingerprint density at radius 2 is 1.94 bits per heavy atom. The first-order valence-electron chi connectivity index (χ1n) is 6.18. The highest BCUT2D eigenvalue weighted by Crippen LogP contribution is 2.09. The molecule has 0 saturated carbocycles. The van der Waals surface area contributed by atoms with E-state index >= 15 is 0 Å². The van der Waals surface area contributed by atoms with Crippen LogP contribution in [0.5, 0.6) is 0 Å². The lowest BCUT2D eigenvalue weighted by Gasteiger charge is -2.32. The van der Waals surface area contributed by atoms with Gasteiger partial charge in [-0.3, -0.25) is 9.69 Å². The van der Waals surface area contributed by atoms with Crippen LogP contribution in [0.2, 0.25) is 0 Å². The molecule has 102 valence electrons. The quantitative estimate of drug-likeness (QED) is 0.623. The van der Waals surface area contributed by atoms with Crippen LogP contribution >= 0.6 is 0 Å². The maximum Gasteiger partial charge on any atom is 0.237 e. The van der Waals surface area contributed by atoms with Crippen molar-refractivity contribution in [3.05, 3.63) is 0 Å². The van der Waals surface area contributed by atoms with Gasteiger partial charge < -0.3 is 16.4 Å². The van der Waals surface area contributed by atoms with E-state index in [1.807, 2.05) is 0 Å². The van der Waals surface area contributed by atoms with E-state index in [0.717, 1.165) is 19.6 Å². The summed E-state index contributed by atoms with van der Waals surface area (Å²) in [6.45, 7) is 8.72. The minimum absolute atomic E-state index is 0.436. The van der Waals surface area contributed by atoms with Crippen LogP contribution in [-0.4, -0.2) is 61.0 Å². The second-order valence-corrected chi connectivity index (χ2v) is 5.27. The Morgan fingerprint density at radius 3 is 2.29 bits per heavy atom. The molecule has 17 heavy (non-hydrogen) atoms. The first-order chi connectivity index (χ1) is 7.70. The van der Waals surface area contributed by atoms with Crippen LogP contribution in [-0.2, 0) is 4.79 Å². The number of hydrogen-bond donors (Lipinski definition) is 2. The molecule has 0 aromatic rings. The summed E-state index contributed by atoms with van der Waals surface area (Å²) in [5.41, 5.74) is 10.2. The number of amides is 1. The lowest BCUT2D eigenvalue weighted by atomic mass is 9.98. The smallest absolute Gasteiger partial charge is 0.237 e. The lowest BCUT2D eigenvalue weighted by molar-refractivity contribution is -0.122. The van der Waals surface area contributed by atoms with E-state index in [0.29, 0.717) is 12.5 Å². The third kappa shape index (κ3) is 6.00. The van der Waals surface area contributed by atoms with Crippen LogP contribution in [0.1, 0.15) is 27.2 Å². The third-order valence-electron chi connectivity index (χ3n) is 3.14. The fraction of sp³-hybridized carbons (Fsp3) is 0.917. The molecule has 2 unspecified atom stereocenters. The Kier molecular flexibility index (Phi) is 6.67. The molecule has 0 heterocycles. The van der Waals surface area contributed by atoms with Crippen molar-refractivity contribution in [3.63, 3.8) is 0 Å². The minimum Gasteiger partial charge on any atom is -0.368 e. The summed E-state index contributed by atoms with van der Waals surface area (Å²) in [5, 5.41) is 0. The fourth-order valence-corrected chi connectivity index (χ4v) is 1.83. The molecule has 0 spiro atoms. The van der Waals surface area contributed by atoms with Gasteiger partial charge in [0.05, 0.1) is 5.54 Å². The molecule has 0 bridgehead atoms. The third-order valence-corrected chi connectivity index (χ3v) is 3.14. The Labute approximate surface area is 105 Å². The van der Waals surface area contributed by atoms with Crippen molar-refractivity contribution in [2.45, 2.75) is 38.8 Å². The highest BCUT2D eigenvalue weighted by Gasteiger charge is 2.26. The first kappa shape index (κ1) is 16.4. The number of nitrogens with zero attached hydrogens (tertiary/aromatic N) is 2. The second kappa shape index (κ2) is 6.93. The van der Waals surface area contributed by atoms with Gasteiger partial charge in [0.1, 0.15) is 0 Å². The van der Waals surface area contributed by atoms with Gasteiger partial charge in [-0.2, -0.15) is 0 Å². The van der Waals surface area contributed by atoms with Crippen molar-refractivity contribution in [3.8, 4) is 0 Å². The SMILES string of the molecule is CCN(CCC(C)(N)C(N)=O)C(C)CN(C)C. The molecule has 5 heteroatoms. The lowest BCUT2D eigenvalue weighted by Crippen LogP contribution is -2.52. The topological polar surface area (TPSA) is 75.6 Å². The van der Waals surface area contributed by atoms with E-state index in [-0.39, 0.29) is 0 Å². The van der Waals surface area contributed by atoms with Crippen molar-refractivity contribution in [1.29, 1.82) is 0 Å². The van der Waals surface area contributed by atoms with Gasteiger partial charge in [0.2, 0.25) is 5.91 Å². The second-order valence-electron chi connectivity index (χ2n) is 5.27. The zero-order valence-corrected chi connectivity index (χ0v) is 11.9. The Hall–Kier alpha value is -0.650. The van der Waals surface area contributed by atoms with E-state index in [9.17, 15) is 4.79 Å². The Balaban J connectivity index is 4.27. The van der Waals surface area contributed by atoms with Gasteiger partial charge in [0, 0.05) is 19.1 Å². The van der Waals surface area contributed by atoms with E-state index in [4.69, 9.17) is 11.5 Å². The molecule has 0 aromatic heterocycles. The Bertz CT molecular complexity index is 241. The van der Waals surface area contributed by atoms with Crippen LogP contribution in [0.3, 0.4) is 0 Å². The molecule has 0 saturated heterocycles. The number of carbonyl (C=O) groups excluding carboxylic acids is 1. The molecular formula is C12H28N4O. The number of primary amides is 1. The van der Waals surface area contributed by atoms with E-state index < -0.39 is 11.4 Å². The maximum atomic E-state index is 11.1. The molecular weight excluding hydrogens is 216 g/mol. The van der Waals surface area contributed by atoms with Gasteiger partial charge in [0.25, 0.3) is 0 Å². The van der Waals surface area contributed by atoms with Crippen molar-refractivity contribution in [2.24, 2.45) is 11.5 Å². The number of nitrogens with two attached hydrogens (primary N) is 2. The van der Waals surface area contributed by atoms with Crippen molar-refractivity contribution < 1.29 is 4.79 Å². The number of rotatable bonds is 8. The molecule has 0 rings (SSSR count). The van der Waals surface area contributed by atoms with E-state index in [2.05, 4.69) is 37.7 Å². The van der Waals surface area contributed by atoms with Crippen LogP contribution in [0.15, 0.2) is 0 Å². The van der Waals surface area contributed by atoms with Crippen molar-refractivity contribution in [1.82, 2.24) is 9.80 Å². The molecule has 0 radical (unpaired) electrons. The van der Waals surface area contributed by atoms with E-state index in [1.165, 1.54) is 0 Å². The predicted molar refractivity (Wildman–Crippen MR) is 71.7 cm³/mol. The average Bonchev–Trinajstić information content (AvgIpc) is 2.16. The number of hydrogen-bond acceptors (Lipinski definition) is 4. The van der Waals surface area contributed by atoms with Crippen LogP contribution in [0.4, 0.5) is 0 Å². The summed E-state index contributed by atoms with van der Waals surface area (Å²) < 4.78 is 0. The van der Waals surface area contributed by atoms with Gasteiger partial charge in [-0.25, -0.2) is 0 Å². The minimum atomic E-state index is -0.911. The largest absolute Gasteiger partial charge is 0.368 e. The van der Waals surface area contributed by atoms with Crippen LogP contribution < -0.4 is 11.5 Å². The van der Waals surface area contributed by atoms with Crippen molar-refractivity contribution >= 4 is 5.91 Å². The number of likely N-dealkylation sites (N-methyl/N-ethyl adjacent to an activating group) is 2. The molecule has 1 amide bonds.